The van der Waals surface area contributed by atoms with Crippen LogP contribution in [-0.2, 0) is 4.79 Å². The molecule has 2 aromatic rings. The molecule has 7 heteroatoms. The summed E-state index contributed by atoms with van der Waals surface area (Å²) in [6.07, 6.45) is 3.50. The van der Waals surface area contributed by atoms with Crippen molar-refractivity contribution in [1.29, 1.82) is 0 Å². The van der Waals surface area contributed by atoms with Crippen LogP contribution in [0.3, 0.4) is 0 Å². The Labute approximate surface area is 145 Å². The Balaban J connectivity index is 1.58. The first kappa shape index (κ1) is 15.8. The van der Waals surface area contributed by atoms with Crippen LogP contribution in [0.25, 0.3) is 0 Å². The fraction of sp³-hybridized carbons (Fsp3) is 0.444. The summed E-state index contributed by atoms with van der Waals surface area (Å²) in [5, 5.41) is 16.2. The molecule has 1 aliphatic carbocycles. The maximum atomic E-state index is 12.6. The minimum absolute atomic E-state index is 0.0455. The Kier molecular flexibility index (Phi) is 3.78. The molecule has 25 heavy (non-hydrogen) atoms. The highest BCUT2D eigenvalue weighted by Crippen LogP contribution is 2.51. The third kappa shape index (κ3) is 2.59. The van der Waals surface area contributed by atoms with E-state index in [1.54, 1.807) is 4.90 Å². The van der Waals surface area contributed by atoms with E-state index in [1.165, 1.54) is 11.9 Å². The molecule has 1 amide bonds. The molecule has 1 saturated heterocycles. The van der Waals surface area contributed by atoms with E-state index in [0.717, 1.165) is 12.8 Å². The van der Waals surface area contributed by atoms with Gasteiger partial charge >= 0.3 is 5.97 Å². The van der Waals surface area contributed by atoms with E-state index in [-0.39, 0.29) is 24.2 Å². The van der Waals surface area contributed by atoms with Gasteiger partial charge in [-0.05, 0) is 36.7 Å². The molecule has 2 aliphatic rings. The van der Waals surface area contributed by atoms with E-state index in [0.29, 0.717) is 18.9 Å². The number of carbonyl (C=O) groups excluding carboxylic acids is 1. The summed E-state index contributed by atoms with van der Waals surface area (Å²) in [6, 6.07) is 10.2. The molecular weight excluding hydrogens is 320 g/mol. The number of aliphatic carboxylic acids is 1. The predicted octanol–water partition coefficient (Wildman–Crippen LogP) is 1.92. The lowest BCUT2D eigenvalue weighted by Crippen LogP contribution is -2.43. The van der Waals surface area contributed by atoms with Crippen LogP contribution in [0.15, 0.2) is 36.7 Å². The quantitative estimate of drug-likeness (QED) is 0.889. The van der Waals surface area contributed by atoms with Gasteiger partial charge in [-0.15, -0.1) is 0 Å². The molecule has 7 nitrogen and oxygen atoms in total. The lowest BCUT2D eigenvalue weighted by molar-refractivity contribution is -0.152. The van der Waals surface area contributed by atoms with Gasteiger partial charge in [0.2, 0.25) is 5.82 Å². The first-order valence-corrected chi connectivity index (χ1v) is 8.53. The van der Waals surface area contributed by atoms with Gasteiger partial charge in [0.25, 0.3) is 5.91 Å². The predicted molar refractivity (Wildman–Crippen MR) is 88.9 cm³/mol. The van der Waals surface area contributed by atoms with Crippen LogP contribution in [0, 0.1) is 11.3 Å². The zero-order valence-corrected chi connectivity index (χ0v) is 13.8. The Morgan fingerprint density at radius 2 is 2.08 bits per heavy atom. The second-order valence-corrected chi connectivity index (χ2v) is 7.06. The third-order valence-electron chi connectivity index (χ3n) is 5.80. The average molecular weight is 340 g/mol. The number of rotatable bonds is 3. The highest BCUT2D eigenvalue weighted by Gasteiger charge is 2.56. The summed E-state index contributed by atoms with van der Waals surface area (Å²) < 4.78 is 0. The smallest absolute Gasteiger partial charge is 0.311 e. The number of fused-ring (bicyclic) bond motifs is 1. The van der Waals surface area contributed by atoms with Crippen molar-refractivity contribution in [1.82, 2.24) is 20.1 Å². The molecule has 1 saturated carbocycles. The lowest BCUT2D eigenvalue weighted by atomic mass is 9.64. The van der Waals surface area contributed by atoms with Crippen LogP contribution in [0.2, 0.25) is 0 Å². The minimum atomic E-state index is -0.846. The zero-order valence-electron chi connectivity index (χ0n) is 13.8. The number of H-pyrrole nitrogens is 1. The van der Waals surface area contributed by atoms with E-state index in [9.17, 15) is 14.7 Å². The third-order valence-corrected chi connectivity index (χ3v) is 5.80. The van der Waals surface area contributed by atoms with Gasteiger partial charge in [-0.3, -0.25) is 14.7 Å². The van der Waals surface area contributed by atoms with Crippen molar-refractivity contribution in [2.24, 2.45) is 11.3 Å². The van der Waals surface area contributed by atoms with E-state index in [2.05, 4.69) is 27.3 Å². The molecule has 2 N–H and O–H groups in total. The Bertz CT molecular complexity index is 777. The van der Waals surface area contributed by atoms with Crippen LogP contribution in [-0.4, -0.2) is 50.2 Å². The average Bonchev–Trinajstić information content (AvgIpc) is 3.29. The topological polar surface area (TPSA) is 99.2 Å². The zero-order chi connectivity index (χ0) is 17.4. The molecule has 130 valence electrons. The number of carboxylic acids is 1. The van der Waals surface area contributed by atoms with Gasteiger partial charge in [0, 0.05) is 13.1 Å². The number of aromatic amines is 1. The number of likely N-dealkylation sites (tertiary alicyclic amines) is 1. The fourth-order valence-electron chi connectivity index (χ4n) is 4.44. The van der Waals surface area contributed by atoms with Crippen molar-refractivity contribution in [3.05, 3.63) is 48.0 Å². The molecular formula is C18H20N4O3. The number of carbonyl (C=O) groups is 2. The standard InChI is InChI=1S/C18H20N4O3/c23-16(15-19-11-20-21-15)22-9-14-8-13(12-4-2-1-3-5-12)6-7-18(14,10-22)17(24)25/h1-5,11,13-14H,6-10H2,(H,24,25)(H,19,20,21)/t13-,14-,18-/m0/s1. The molecule has 2 heterocycles. The van der Waals surface area contributed by atoms with Crippen molar-refractivity contribution in [3.63, 3.8) is 0 Å². The Morgan fingerprint density at radius 3 is 2.76 bits per heavy atom. The van der Waals surface area contributed by atoms with Crippen molar-refractivity contribution in [2.45, 2.75) is 25.2 Å². The number of nitrogens with one attached hydrogen (secondary N) is 1. The number of benzene rings is 1. The normalized spacial score (nSPS) is 28.6. The number of hydrogen-bond acceptors (Lipinski definition) is 4. The van der Waals surface area contributed by atoms with Gasteiger partial charge in [0.05, 0.1) is 5.41 Å². The lowest BCUT2D eigenvalue weighted by Gasteiger charge is -2.38. The molecule has 3 atom stereocenters. The van der Waals surface area contributed by atoms with Crippen LogP contribution >= 0.6 is 0 Å². The largest absolute Gasteiger partial charge is 0.481 e. The fourth-order valence-corrected chi connectivity index (χ4v) is 4.44. The van der Waals surface area contributed by atoms with Crippen molar-refractivity contribution < 1.29 is 14.7 Å². The Hall–Kier alpha value is -2.70. The summed E-state index contributed by atoms with van der Waals surface area (Å²) in [5.74, 6) is -0.603. The molecule has 0 radical (unpaired) electrons. The van der Waals surface area contributed by atoms with Crippen molar-refractivity contribution in [3.8, 4) is 0 Å². The highest BCUT2D eigenvalue weighted by atomic mass is 16.4. The maximum absolute atomic E-state index is 12.6. The van der Waals surface area contributed by atoms with Crippen LogP contribution in [0.5, 0.6) is 0 Å². The van der Waals surface area contributed by atoms with Gasteiger partial charge in [0.15, 0.2) is 0 Å². The van der Waals surface area contributed by atoms with Crippen LogP contribution in [0.1, 0.15) is 41.4 Å². The monoisotopic (exact) mass is 340 g/mol. The van der Waals surface area contributed by atoms with Crippen molar-refractivity contribution >= 4 is 11.9 Å². The number of nitrogens with zero attached hydrogens (tertiary/aromatic N) is 3. The summed E-state index contributed by atoms with van der Waals surface area (Å²) in [4.78, 5) is 30.2. The summed E-state index contributed by atoms with van der Waals surface area (Å²) >= 11 is 0. The van der Waals surface area contributed by atoms with Crippen LogP contribution in [0.4, 0.5) is 0 Å². The Morgan fingerprint density at radius 1 is 1.28 bits per heavy atom. The van der Waals surface area contributed by atoms with Gasteiger partial charge in [-0.2, -0.15) is 5.10 Å². The summed E-state index contributed by atoms with van der Waals surface area (Å²) in [7, 11) is 0. The first-order chi connectivity index (χ1) is 12.1. The number of hydrogen-bond donors (Lipinski definition) is 2. The first-order valence-electron chi connectivity index (χ1n) is 8.53. The summed E-state index contributed by atoms with van der Waals surface area (Å²) in [6.45, 7) is 0.698. The number of amides is 1. The van der Waals surface area contributed by atoms with E-state index < -0.39 is 11.4 Å². The molecule has 1 aromatic carbocycles. The molecule has 0 bridgehead atoms. The molecule has 1 aliphatic heterocycles. The molecule has 1 aromatic heterocycles. The van der Waals surface area contributed by atoms with E-state index >= 15 is 0 Å². The summed E-state index contributed by atoms with van der Waals surface area (Å²) in [5.41, 5.74) is 0.405. The minimum Gasteiger partial charge on any atom is -0.481 e. The second kappa shape index (κ2) is 5.98. The molecule has 2 fully saturated rings. The number of carboxylic acid groups (broad SMARTS) is 1. The molecule has 0 spiro atoms. The van der Waals surface area contributed by atoms with E-state index in [4.69, 9.17) is 0 Å². The van der Waals surface area contributed by atoms with Gasteiger partial charge in [-0.25, -0.2) is 4.98 Å². The molecule has 4 rings (SSSR count). The SMILES string of the molecule is O=C(c1ncn[nH]1)N1C[C@@H]2C[C@@H](c3ccccc3)CC[C@]2(C(=O)O)C1. The van der Waals surface area contributed by atoms with Gasteiger partial charge in [0.1, 0.15) is 6.33 Å². The van der Waals surface area contributed by atoms with Gasteiger partial charge < -0.3 is 10.0 Å². The van der Waals surface area contributed by atoms with Crippen molar-refractivity contribution in [2.75, 3.05) is 13.1 Å². The maximum Gasteiger partial charge on any atom is 0.311 e. The highest BCUT2D eigenvalue weighted by molar-refractivity contribution is 5.91. The second-order valence-electron chi connectivity index (χ2n) is 7.06. The molecule has 0 unspecified atom stereocenters. The van der Waals surface area contributed by atoms with E-state index in [1.807, 2.05) is 18.2 Å². The number of aromatic nitrogens is 3. The van der Waals surface area contributed by atoms with Gasteiger partial charge in [-0.1, -0.05) is 30.3 Å². The van der Waals surface area contributed by atoms with Crippen LogP contribution < -0.4 is 0 Å².